The third-order valence-corrected chi connectivity index (χ3v) is 13.1. The van der Waals surface area contributed by atoms with Crippen LogP contribution in [0.1, 0.15) is 22.3 Å². The molecule has 2 nitrogen and oxygen atoms in total. The Hall–Kier alpha value is -7.68. The third kappa shape index (κ3) is 4.35. The minimum absolute atomic E-state index is 0.497. The van der Waals surface area contributed by atoms with Crippen LogP contribution < -0.4 is 4.90 Å². The standard InChI is InChI=1S/C57H36N2/c1-3-18-41(19-4-1)58(51-28-14-16-38-15-7-8-22-44(38)51)43-32-29-37(30-33-43)40-35-50-55-53(36-40)59(42-20-5-2-6-21-42)52-34-31-39-17-13-27-49(54(39)56(52)55)57(50)47-25-11-9-23-45(47)46-24-10-12-26-48(46)57/h1-36H. The number of para-hydroxylation sites is 2. The molecule has 0 N–H and O–H groups in total. The van der Waals surface area contributed by atoms with Crippen molar-refractivity contribution in [2.75, 3.05) is 4.90 Å². The fourth-order valence-electron chi connectivity index (χ4n) is 10.8. The molecule has 2 aliphatic carbocycles. The number of benzene rings is 10. The summed E-state index contributed by atoms with van der Waals surface area (Å²) in [6.07, 6.45) is 0. The molecule has 2 heteroatoms. The summed E-state index contributed by atoms with van der Waals surface area (Å²) in [7, 11) is 0. The largest absolute Gasteiger partial charge is 0.310 e. The maximum Gasteiger partial charge on any atom is 0.0726 e. The summed E-state index contributed by atoms with van der Waals surface area (Å²) in [6.45, 7) is 0. The van der Waals surface area contributed by atoms with Crippen LogP contribution in [0.2, 0.25) is 0 Å². The lowest BCUT2D eigenvalue weighted by atomic mass is 9.63. The lowest BCUT2D eigenvalue weighted by Gasteiger charge is -2.38. The van der Waals surface area contributed by atoms with Crippen molar-refractivity contribution in [1.82, 2.24) is 4.57 Å². The first-order valence-corrected chi connectivity index (χ1v) is 20.5. The van der Waals surface area contributed by atoms with Gasteiger partial charge >= 0.3 is 0 Å². The van der Waals surface area contributed by atoms with Crippen molar-refractivity contribution in [3.05, 3.63) is 241 Å². The normalized spacial score (nSPS) is 13.2. The van der Waals surface area contributed by atoms with E-state index in [4.69, 9.17) is 0 Å². The summed E-state index contributed by atoms with van der Waals surface area (Å²) < 4.78 is 2.51. The van der Waals surface area contributed by atoms with Crippen molar-refractivity contribution in [1.29, 1.82) is 0 Å². The van der Waals surface area contributed by atoms with Crippen molar-refractivity contribution >= 4 is 60.4 Å². The van der Waals surface area contributed by atoms with E-state index >= 15 is 0 Å². The molecule has 1 aromatic heterocycles. The average Bonchev–Trinajstić information content (AvgIpc) is 3.80. The Balaban J connectivity index is 1.11. The molecule has 0 saturated carbocycles. The van der Waals surface area contributed by atoms with Gasteiger partial charge in [0, 0.05) is 33.2 Å². The van der Waals surface area contributed by atoms with Crippen LogP contribution in [0.3, 0.4) is 0 Å². The molecule has 274 valence electrons. The van der Waals surface area contributed by atoms with Crippen molar-refractivity contribution in [2.45, 2.75) is 5.41 Å². The van der Waals surface area contributed by atoms with Gasteiger partial charge in [-0.25, -0.2) is 0 Å². The summed E-state index contributed by atoms with van der Waals surface area (Å²) in [5.41, 5.74) is 17.0. The highest BCUT2D eigenvalue weighted by molar-refractivity contribution is 6.27. The smallest absolute Gasteiger partial charge is 0.0726 e. The summed E-state index contributed by atoms with van der Waals surface area (Å²) in [5.74, 6) is 0. The molecule has 0 unspecified atom stereocenters. The van der Waals surface area contributed by atoms with E-state index in [2.05, 4.69) is 228 Å². The van der Waals surface area contributed by atoms with E-state index in [-0.39, 0.29) is 0 Å². The molecule has 0 radical (unpaired) electrons. The van der Waals surface area contributed by atoms with Gasteiger partial charge in [-0.1, -0.05) is 158 Å². The molecule has 13 rings (SSSR count). The molecule has 0 aliphatic heterocycles. The minimum atomic E-state index is -0.497. The Kier molecular flexibility index (Phi) is 6.68. The van der Waals surface area contributed by atoms with E-state index in [1.165, 1.54) is 93.5 Å². The predicted molar refractivity (Wildman–Crippen MR) is 247 cm³/mol. The first kappa shape index (κ1) is 32.4. The van der Waals surface area contributed by atoms with Gasteiger partial charge < -0.3 is 9.47 Å². The number of hydrogen-bond donors (Lipinski definition) is 0. The highest BCUT2D eigenvalue weighted by atomic mass is 15.1. The van der Waals surface area contributed by atoms with Crippen LogP contribution in [-0.4, -0.2) is 4.57 Å². The number of aromatic nitrogens is 1. The van der Waals surface area contributed by atoms with Crippen LogP contribution in [-0.2, 0) is 5.41 Å². The zero-order chi connectivity index (χ0) is 38.7. The van der Waals surface area contributed by atoms with Crippen LogP contribution in [0.15, 0.2) is 218 Å². The lowest BCUT2D eigenvalue weighted by molar-refractivity contribution is 0.783. The van der Waals surface area contributed by atoms with Crippen molar-refractivity contribution in [3.8, 4) is 27.9 Å². The number of nitrogens with zero attached hydrogens (tertiary/aromatic N) is 2. The SMILES string of the molecule is c1ccc(N(c2ccc(-c3cc4c5c6c7c(cccc7ccc6n(-c6ccccc6)c5c3)C43c4ccccc4-c4ccccc43)cc2)c2cccc3ccccc23)cc1. The first-order chi connectivity index (χ1) is 29.3. The molecule has 1 spiro atoms. The monoisotopic (exact) mass is 748 g/mol. The Bertz CT molecular complexity index is 3440. The molecule has 2 aliphatic rings. The number of rotatable bonds is 5. The number of hydrogen-bond acceptors (Lipinski definition) is 1. The van der Waals surface area contributed by atoms with E-state index in [9.17, 15) is 0 Å². The zero-order valence-electron chi connectivity index (χ0n) is 32.2. The Morgan fingerprint density at radius 3 is 1.75 bits per heavy atom. The molecule has 0 bridgehead atoms. The quantitative estimate of drug-likeness (QED) is 0.170. The lowest BCUT2D eigenvalue weighted by Crippen LogP contribution is -2.30. The van der Waals surface area contributed by atoms with Crippen molar-refractivity contribution in [3.63, 3.8) is 0 Å². The highest BCUT2D eigenvalue weighted by Crippen LogP contribution is 2.62. The number of fused-ring (bicyclic) bond motifs is 8. The van der Waals surface area contributed by atoms with Gasteiger partial charge in [-0.05, 0) is 121 Å². The van der Waals surface area contributed by atoms with E-state index in [0.717, 1.165) is 17.1 Å². The van der Waals surface area contributed by atoms with Gasteiger partial charge in [0.2, 0.25) is 0 Å². The van der Waals surface area contributed by atoms with Gasteiger partial charge in [0.1, 0.15) is 0 Å². The summed E-state index contributed by atoms with van der Waals surface area (Å²) >= 11 is 0. The van der Waals surface area contributed by atoms with Gasteiger partial charge in [-0.2, -0.15) is 0 Å². The Morgan fingerprint density at radius 2 is 0.966 bits per heavy atom. The molecule has 10 aromatic carbocycles. The van der Waals surface area contributed by atoms with Crippen LogP contribution in [0.25, 0.3) is 71.3 Å². The second-order valence-electron chi connectivity index (χ2n) is 16.0. The van der Waals surface area contributed by atoms with E-state index in [0.29, 0.717) is 0 Å². The minimum Gasteiger partial charge on any atom is -0.310 e. The summed E-state index contributed by atoms with van der Waals surface area (Å²) in [6, 6.07) is 81.0. The van der Waals surface area contributed by atoms with Crippen molar-refractivity contribution in [2.24, 2.45) is 0 Å². The van der Waals surface area contributed by atoms with Crippen LogP contribution in [0.4, 0.5) is 17.1 Å². The molecule has 0 fully saturated rings. The fraction of sp³-hybridized carbons (Fsp3) is 0.0175. The van der Waals surface area contributed by atoms with Crippen LogP contribution in [0, 0.1) is 0 Å². The average molecular weight is 749 g/mol. The Labute approximate surface area is 342 Å². The molecule has 0 amide bonds. The predicted octanol–water partition coefficient (Wildman–Crippen LogP) is 14.9. The fourth-order valence-corrected chi connectivity index (χ4v) is 10.8. The molecule has 0 atom stereocenters. The van der Waals surface area contributed by atoms with E-state index in [1.807, 2.05) is 0 Å². The summed E-state index contributed by atoms with van der Waals surface area (Å²) in [4.78, 5) is 2.38. The Morgan fingerprint density at radius 1 is 0.356 bits per heavy atom. The van der Waals surface area contributed by atoms with E-state index < -0.39 is 5.41 Å². The molecule has 59 heavy (non-hydrogen) atoms. The van der Waals surface area contributed by atoms with Crippen molar-refractivity contribution < 1.29 is 0 Å². The molecule has 11 aromatic rings. The second kappa shape index (κ2) is 12.2. The molecule has 1 heterocycles. The molecule has 0 saturated heterocycles. The van der Waals surface area contributed by atoms with Gasteiger partial charge in [0.05, 0.1) is 22.1 Å². The maximum atomic E-state index is 2.53. The molecular formula is C57H36N2. The highest BCUT2D eigenvalue weighted by Gasteiger charge is 2.50. The van der Waals surface area contributed by atoms with Crippen LogP contribution >= 0.6 is 0 Å². The zero-order valence-corrected chi connectivity index (χ0v) is 32.2. The maximum absolute atomic E-state index is 2.53. The third-order valence-electron chi connectivity index (χ3n) is 13.1. The van der Waals surface area contributed by atoms with Crippen LogP contribution in [0.5, 0.6) is 0 Å². The van der Waals surface area contributed by atoms with Gasteiger partial charge in [-0.3, -0.25) is 0 Å². The number of anilines is 3. The second-order valence-corrected chi connectivity index (χ2v) is 16.0. The molecular weight excluding hydrogens is 713 g/mol. The summed E-state index contributed by atoms with van der Waals surface area (Å²) in [5, 5.41) is 7.76. The van der Waals surface area contributed by atoms with E-state index in [1.54, 1.807) is 0 Å². The van der Waals surface area contributed by atoms with Gasteiger partial charge in [-0.15, -0.1) is 0 Å². The first-order valence-electron chi connectivity index (χ1n) is 20.5. The van der Waals surface area contributed by atoms with Gasteiger partial charge in [0.25, 0.3) is 0 Å². The van der Waals surface area contributed by atoms with Gasteiger partial charge in [0.15, 0.2) is 0 Å². The topological polar surface area (TPSA) is 8.17 Å².